The number of hydrogen-bond acceptors (Lipinski definition) is 5. The molecule has 0 atom stereocenters. The number of piperidine rings is 1. The van der Waals surface area contributed by atoms with Gasteiger partial charge in [-0.1, -0.05) is 6.07 Å². The number of hydrogen-bond donors (Lipinski definition) is 1. The van der Waals surface area contributed by atoms with Gasteiger partial charge in [-0.15, -0.1) is 0 Å². The van der Waals surface area contributed by atoms with E-state index in [4.69, 9.17) is 9.47 Å². The van der Waals surface area contributed by atoms with Crippen molar-refractivity contribution < 1.29 is 14.3 Å². The van der Waals surface area contributed by atoms with Gasteiger partial charge in [0, 0.05) is 13.1 Å². The predicted molar refractivity (Wildman–Crippen MR) is 109 cm³/mol. The molecular weight excluding hydrogens is 360 g/mol. The molecule has 0 bridgehead atoms. The zero-order chi connectivity index (χ0) is 19.1. The minimum absolute atomic E-state index is 0.0583. The van der Waals surface area contributed by atoms with E-state index in [2.05, 4.69) is 27.0 Å². The largest absolute Gasteiger partial charge is 0.493 e. The van der Waals surface area contributed by atoms with Crippen LogP contribution in [0.3, 0.4) is 0 Å². The quantitative estimate of drug-likeness (QED) is 0.754. The molecule has 5 nitrogen and oxygen atoms in total. The summed E-state index contributed by atoms with van der Waals surface area (Å²) in [6.45, 7) is 4.01. The van der Waals surface area contributed by atoms with E-state index in [1.165, 1.54) is 5.56 Å². The highest BCUT2D eigenvalue weighted by Gasteiger charge is 2.20. The summed E-state index contributed by atoms with van der Waals surface area (Å²) in [5, 5.41) is 7.46. The summed E-state index contributed by atoms with van der Waals surface area (Å²) in [5.74, 6) is 1.96. The summed E-state index contributed by atoms with van der Waals surface area (Å²) in [4.78, 5) is 14.8. The Morgan fingerprint density at radius 3 is 2.59 bits per heavy atom. The van der Waals surface area contributed by atoms with E-state index in [0.29, 0.717) is 23.8 Å². The lowest BCUT2D eigenvalue weighted by Crippen LogP contribution is -2.38. The van der Waals surface area contributed by atoms with Gasteiger partial charge >= 0.3 is 0 Å². The third kappa shape index (κ3) is 5.71. The van der Waals surface area contributed by atoms with Crippen LogP contribution in [0.1, 0.15) is 24.0 Å². The number of likely N-dealkylation sites (tertiary alicyclic amines) is 1. The van der Waals surface area contributed by atoms with Crippen molar-refractivity contribution in [3.63, 3.8) is 0 Å². The number of benzene rings is 1. The summed E-state index contributed by atoms with van der Waals surface area (Å²) in [7, 11) is 3.21. The van der Waals surface area contributed by atoms with Crippen LogP contribution in [0.5, 0.6) is 11.5 Å². The van der Waals surface area contributed by atoms with Crippen molar-refractivity contribution >= 4 is 17.2 Å². The molecule has 1 aliphatic heterocycles. The van der Waals surface area contributed by atoms with Crippen LogP contribution >= 0.6 is 11.3 Å². The molecule has 0 radical (unpaired) electrons. The highest BCUT2D eigenvalue weighted by molar-refractivity contribution is 7.07. The fourth-order valence-corrected chi connectivity index (χ4v) is 4.15. The number of amides is 1. The molecule has 2 aromatic rings. The third-order valence-electron chi connectivity index (χ3n) is 5.09. The molecular formula is C21H28N2O3S. The second-order valence-electron chi connectivity index (χ2n) is 7.02. The minimum atomic E-state index is 0.0583. The smallest absolute Gasteiger partial charge is 0.224 e. The molecule has 27 heavy (non-hydrogen) atoms. The molecule has 146 valence electrons. The highest BCUT2D eigenvalue weighted by Crippen LogP contribution is 2.27. The number of thiophene rings is 1. The van der Waals surface area contributed by atoms with Crippen LogP contribution < -0.4 is 14.8 Å². The molecule has 2 heterocycles. The van der Waals surface area contributed by atoms with E-state index in [0.717, 1.165) is 44.6 Å². The first kappa shape index (κ1) is 19.7. The van der Waals surface area contributed by atoms with E-state index >= 15 is 0 Å². The van der Waals surface area contributed by atoms with Crippen molar-refractivity contribution in [3.05, 3.63) is 46.2 Å². The van der Waals surface area contributed by atoms with Gasteiger partial charge in [0.05, 0.1) is 20.6 Å². The van der Waals surface area contributed by atoms with Crippen molar-refractivity contribution in [2.45, 2.75) is 25.8 Å². The second kappa shape index (κ2) is 9.76. The molecule has 1 amide bonds. The van der Waals surface area contributed by atoms with E-state index in [1.54, 1.807) is 25.6 Å². The van der Waals surface area contributed by atoms with Crippen LogP contribution in [0.4, 0.5) is 0 Å². The summed E-state index contributed by atoms with van der Waals surface area (Å²) >= 11 is 1.76. The molecule has 1 fully saturated rings. The molecule has 1 saturated heterocycles. The van der Waals surface area contributed by atoms with E-state index in [9.17, 15) is 4.79 Å². The molecule has 1 aliphatic rings. The van der Waals surface area contributed by atoms with Gasteiger partial charge in [-0.3, -0.25) is 9.69 Å². The molecule has 1 N–H and O–H groups in total. The second-order valence-corrected chi connectivity index (χ2v) is 7.80. The lowest BCUT2D eigenvalue weighted by atomic mass is 9.96. The average molecular weight is 389 g/mol. The van der Waals surface area contributed by atoms with Gasteiger partial charge in [0.25, 0.3) is 0 Å². The molecule has 0 spiro atoms. The Balaban J connectivity index is 1.39. The summed E-state index contributed by atoms with van der Waals surface area (Å²) in [5.41, 5.74) is 2.33. The normalized spacial score (nSPS) is 15.5. The first-order chi connectivity index (χ1) is 13.2. The van der Waals surface area contributed by atoms with Crippen molar-refractivity contribution in [1.29, 1.82) is 0 Å². The van der Waals surface area contributed by atoms with Gasteiger partial charge in [0.1, 0.15) is 0 Å². The monoisotopic (exact) mass is 388 g/mol. The standard InChI is InChI=1S/C21H28N2O3S/c1-25-19-4-3-17(11-20(19)26-2)12-21(24)22-13-16-5-8-23(9-6-16)14-18-7-10-27-15-18/h3-4,7,10-11,15-16H,5-6,8-9,12-14H2,1-2H3,(H,22,24). The highest BCUT2D eigenvalue weighted by atomic mass is 32.1. The number of ether oxygens (including phenoxy) is 2. The van der Waals surface area contributed by atoms with Gasteiger partial charge in [0.15, 0.2) is 11.5 Å². The van der Waals surface area contributed by atoms with Gasteiger partial charge in [-0.2, -0.15) is 11.3 Å². The van der Waals surface area contributed by atoms with Crippen molar-refractivity contribution in [2.24, 2.45) is 5.92 Å². The summed E-state index contributed by atoms with van der Waals surface area (Å²) in [6, 6.07) is 7.81. The number of nitrogens with one attached hydrogen (secondary N) is 1. The van der Waals surface area contributed by atoms with Crippen LogP contribution in [0.15, 0.2) is 35.0 Å². The number of carbonyl (C=O) groups is 1. The van der Waals surface area contributed by atoms with Gasteiger partial charge in [-0.05, 0) is 71.9 Å². The van der Waals surface area contributed by atoms with Crippen molar-refractivity contribution in [2.75, 3.05) is 33.9 Å². The Morgan fingerprint density at radius 2 is 1.93 bits per heavy atom. The Labute approximate surface area is 165 Å². The van der Waals surface area contributed by atoms with Crippen LogP contribution in [-0.2, 0) is 17.8 Å². The Morgan fingerprint density at radius 1 is 1.15 bits per heavy atom. The SMILES string of the molecule is COc1ccc(CC(=O)NCC2CCN(Cc3ccsc3)CC2)cc1OC. The zero-order valence-corrected chi connectivity index (χ0v) is 16.9. The van der Waals surface area contributed by atoms with Crippen LogP contribution in [-0.4, -0.2) is 44.7 Å². The summed E-state index contributed by atoms with van der Waals surface area (Å²) < 4.78 is 10.5. The predicted octanol–water partition coefficient (Wildman–Crippen LogP) is 3.34. The van der Waals surface area contributed by atoms with Crippen molar-refractivity contribution in [3.8, 4) is 11.5 Å². The number of carbonyl (C=O) groups excluding carboxylic acids is 1. The third-order valence-corrected chi connectivity index (χ3v) is 5.83. The Hall–Kier alpha value is -2.05. The first-order valence-electron chi connectivity index (χ1n) is 9.39. The average Bonchev–Trinajstić information content (AvgIpc) is 3.20. The molecule has 0 unspecified atom stereocenters. The minimum Gasteiger partial charge on any atom is -0.493 e. The van der Waals surface area contributed by atoms with Gasteiger partial charge < -0.3 is 14.8 Å². The Kier molecular flexibility index (Phi) is 7.12. The molecule has 0 aliphatic carbocycles. The van der Waals surface area contributed by atoms with E-state index in [-0.39, 0.29) is 5.91 Å². The van der Waals surface area contributed by atoms with Crippen molar-refractivity contribution in [1.82, 2.24) is 10.2 Å². The maximum atomic E-state index is 12.3. The molecule has 1 aromatic carbocycles. The lowest BCUT2D eigenvalue weighted by Gasteiger charge is -2.31. The number of nitrogens with zero attached hydrogens (tertiary/aromatic N) is 1. The van der Waals surface area contributed by atoms with Crippen LogP contribution in [0, 0.1) is 5.92 Å². The number of rotatable bonds is 8. The van der Waals surface area contributed by atoms with Crippen LogP contribution in [0.25, 0.3) is 0 Å². The van der Waals surface area contributed by atoms with Gasteiger partial charge in [-0.25, -0.2) is 0 Å². The molecule has 6 heteroatoms. The van der Waals surface area contributed by atoms with E-state index in [1.807, 2.05) is 18.2 Å². The van der Waals surface area contributed by atoms with Crippen LogP contribution in [0.2, 0.25) is 0 Å². The maximum Gasteiger partial charge on any atom is 0.224 e. The fraction of sp³-hybridized carbons (Fsp3) is 0.476. The molecule has 1 aromatic heterocycles. The fourth-order valence-electron chi connectivity index (χ4n) is 3.49. The van der Waals surface area contributed by atoms with E-state index < -0.39 is 0 Å². The molecule has 3 rings (SSSR count). The zero-order valence-electron chi connectivity index (χ0n) is 16.1. The van der Waals surface area contributed by atoms with Gasteiger partial charge in [0.2, 0.25) is 5.91 Å². The lowest BCUT2D eigenvalue weighted by molar-refractivity contribution is -0.120. The maximum absolute atomic E-state index is 12.3. The first-order valence-corrected chi connectivity index (χ1v) is 10.3. The Bertz CT molecular complexity index is 725. The topological polar surface area (TPSA) is 50.8 Å². The summed E-state index contributed by atoms with van der Waals surface area (Å²) in [6.07, 6.45) is 2.64. The molecule has 0 saturated carbocycles. The number of methoxy groups -OCH3 is 2.